The van der Waals surface area contributed by atoms with Crippen LogP contribution in [0.5, 0.6) is 0 Å². The molecule has 2 rings (SSSR count). The minimum Gasteiger partial charge on any atom is -0.396 e. The fourth-order valence-corrected chi connectivity index (χ4v) is 2.48. The number of carbonyl (C=O) groups is 1. The summed E-state index contributed by atoms with van der Waals surface area (Å²) in [6, 6.07) is 3.52. The van der Waals surface area contributed by atoms with Crippen molar-refractivity contribution >= 4 is 5.91 Å². The molecule has 2 N–H and O–H groups in total. The lowest BCUT2D eigenvalue weighted by Crippen LogP contribution is -2.30. The van der Waals surface area contributed by atoms with E-state index in [1.165, 1.54) is 0 Å². The summed E-state index contributed by atoms with van der Waals surface area (Å²) in [6.07, 6.45) is 3.62. The second-order valence-electron chi connectivity index (χ2n) is 5.09. The van der Waals surface area contributed by atoms with Crippen molar-refractivity contribution in [2.45, 2.75) is 19.3 Å². The molecule has 21 heavy (non-hydrogen) atoms. The Morgan fingerprint density at radius 3 is 3.05 bits per heavy atom. The molecule has 1 atom stereocenters. The molecule has 5 heteroatoms. The zero-order valence-electron chi connectivity index (χ0n) is 12.0. The van der Waals surface area contributed by atoms with Crippen LogP contribution in [-0.2, 0) is 0 Å². The number of hydrogen-bond donors (Lipinski definition) is 2. The summed E-state index contributed by atoms with van der Waals surface area (Å²) in [5.74, 6) is 5.98. The van der Waals surface area contributed by atoms with Gasteiger partial charge in [-0.25, -0.2) is 4.98 Å². The minimum atomic E-state index is -0.107. The topological polar surface area (TPSA) is 73.7 Å². The highest BCUT2D eigenvalue weighted by molar-refractivity contribution is 5.94. The Hall–Kier alpha value is -1.90. The highest BCUT2D eigenvalue weighted by atomic mass is 16.3. The van der Waals surface area contributed by atoms with Gasteiger partial charge in [-0.2, -0.15) is 0 Å². The Morgan fingerprint density at radius 2 is 2.29 bits per heavy atom. The normalized spacial score (nSPS) is 17.4. The first-order valence-corrected chi connectivity index (χ1v) is 7.21. The molecule has 1 unspecified atom stereocenters. The highest BCUT2D eigenvalue weighted by Crippen LogP contribution is 2.21. The molecule has 5 nitrogen and oxygen atoms in total. The largest absolute Gasteiger partial charge is 0.396 e. The van der Waals surface area contributed by atoms with Gasteiger partial charge in [-0.1, -0.05) is 11.8 Å². The third kappa shape index (κ3) is 4.03. The smallest absolute Gasteiger partial charge is 0.273 e. The van der Waals surface area contributed by atoms with Crippen LogP contribution in [0.3, 0.4) is 0 Å². The van der Waals surface area contributed by atoms with Crippen LogP contribution in [-0.4, -0.2) is 52.3 Å². The predicted octanol–water partition coefficient (Wildman–Crippen LogP) is 0.660. The van der Waals surface area contributed by atoms with E-state index in [0.717, 1.165) is 12.8 Å². The Morgan fingerprint density at radius 1 is 1.43 bits per heavy atom. The van der Waals surface area contributed by atoms with Crippen molar-refractivity contribution in [3.63, 3.8) is 0 Å². The average Bonchev–Trinajstić information content (AvgIpc) is 2.96. The average molecular weight is 288 g/mol. The highest BCUT2D eigenvalue weighted by Gasteiger charge is 2.28. The standard InChI is InChI=1S/C16H20N2O3/c19-10-2-1-4-14-5-3-8-17-15(14)16(21)18-9-6-13(12-18)7-11-20/h3,5,8,13,19-20H,2,6-7,9-12H2. The van der Waals surface area contributed by atoms with Crippen LogP contribution in [0.4, 0.5) is 0 Å². The van der Waals surface area contributed by atoms with Crippen molar-refractivity contribution in [2.24, 2.45) is 5.92 Å². The quantitative estimate of drug-likeness (QED) is 0.798. The van der Waals surface area contributed by atoms with E-state index in [9.17, 15) is 4.79 Å². The van der Waals surface area contributed by atoms with Gasteiger partial charge >= 0.3 is 0 Å². The number of pyridine rings is 1. The maximum absolute atomic E-state index is 12.5. The maximum atomic E-state index is 12.5. The fourth-order valence-electron chi connectivity index (χ4n) is 2.48. The van der Waals surface area contributed by atoms with Gasteiger partial charge in [-0.15, -0.1) is 0 Å². The van der Waals surface area contributed by atoms with Crippen molar-refractivity contribution in [2.75, 3.05) is 26.3 Å². The zero-order valence-corrected chi connectivity index (χ0v) is 12.0. The van der Waals surface area contributed by atoms with Gasteiger partial charge in [0.15, 0.2) is 0 Å². The second kappa shape index (κ2) is 7.77. The summed E-state index contributed by atoms with van der Waals surface area (Å²) >= 11 is 0. The molecule has 2 heterocycles. The summed E-state index contributed by atoms with van der Waals surface area (Å²) in [4.78, 5) is 18.5. The van der Waals surface area contributed by atoms with Crippen LogP contribution >= 0.6 is 0 Å². The number of aromatic nitrogens is 1. The van der Waals surface area contributed by atoms with Gasteiger partial charge in [0, 0.05) is 32.3 Å². The van der Waals surface area contributed by atoms with Gasteiger partial charge in [-0.3, -0.25) is 4.79 Å². The van der Waals surface area contributed by atoms with E-state index < -0.39 is 0 Å². The fraction of sp³-hybridized carbons (Fsp3) is 0.500. The van der Waals surface area contributed by atoms with Crippen LogP contribution in [0, 0.1) is 17.8 Å². The summed E-state index contributed by atoms with van der Waals surface area (Å²) in [6.45, 7) is 1.53. The van der Waals surface area contributed by atoms with Crippen LogP contribution < -0.4 is 0 Å². The lowest BCUT2D eigenvalue weighted by molar-refractivity contribution is 0.0778. The SMILES string of the molecule is O=C(c1ncccc1C#CCCO)N1CCC(CCO)C1. The second-order valence-corrected chi connectivity index (χ2v) is 5.09. The van der Waals surface area contributed by atoms with Gasteiger partial charge in [0.05, 0.1) is 12.2 Å². The van der Waals surface area contributed by atoms with Crippen molar-refractivity contribution in [1.82, 2.24) is 9.88 Å². The number of hydrogen-bond acceptors (Lipinski definition) is 4. The zero-order chi connectivity index (χ0) is 15.1. The molecule has 0 radical (unpaired) electrons. The molecular weight excluding hydrogens is 268 g/mol. The number of nitrogens with zero attached hydrogens (tertiary/aromatic N) is 2. The number of amides is 1. The molecule has 1 aliphatic rings. The first-order valence-electron chi connectivity index (χ1n) is 7.21. The Labute approximate surface area is 124 Å². The minimum absolute atomic E-state index is 0.00546. The van der Waals surface area contributed by atoms with Crippen LogP contribution in [0.25, 0.3) is 0 Å². The Kier molecular flexibility index (Phi) is 5.73. The molecular formula is C16H20N2O3. The van der Waals surface area contributed by atoms with E-state index in [2.05, 4.69) is 16.8 Å². The Balaban J connectivity index is 2.11. The van der Waals surface area contributed by atoms with E-state index in [4.69, 9.17) is 10.2 Å². The molecule has 112 valence electrons. The number of aliphatic hydroxyl groups is 2. The summed E-state index contributed by atoms with van der Waals surface area (Å²) in [5, 5.41) is 17.7. The van der Waals surface area contributed by atoms with E-state index >= 15 is 0 Å². The van der Waals surface area contributed by atoms with Crippen molar-refractivity contribution < 1.29 is 15.0 Å². The molecule has 1 amide bonds. The maximum Gasteiger partial charge on any atom is 0.273 e. The molecule has 0 aliphatic carbocycles. The summed E-state index contributed by atoms with van der Waals surface area (Å²) in [7, 11) is 0. The van der Waals surface area contributed by atoms with E-state index in [0.29, 0.717) is 36.7 Å². The third-order valence-corrected chi connectivity index (χ3v) is 3.58. The number of rotatable bonds is 4. The van der Waals surface area contributed by atoms with Crippen LogP contribution in [0.15, 0.2) is 18.3 Å². The number of aliphatic hydroxyl groups excluding tert-OH is 2. The van der Waals surface area contributed by atoms with E-state index in [-0.39, 0.29) is 19.1 Å². The van der Waals surface area contributed by atoms with Gasteiger partial charge in [-0.05, 0) is 30.9 Å². The summed E-state index contributed by atoms with van der Waals surface area (Å²) < 4.78 is 0. The first kappa shape index (κ1) is 15.5. The molecule has 0 saturated carbocycles. The lowest BCUT2D eigenvalue weighted by Gasteiger charge is -2.16. The molecule has 0 aromatic carbocycles. The molecule has 1 aliphatic heterocycles. The van der Waals surface area contributed by atoms with Gasteiger partial charge in [0.1, 0.15) is 5.69 Å². The molecule has 1 saturated heterocycles. The third-order valence-electron chi connectivity index (χ3n) is 3.58. The lowest BCUT2D eigenvalue weighted by atomic mass is 10.1. The number of carbonyl (C=O) groups excluding carboxylic acids is 1. The van der Waals surface area contributed by atoms with Gasteiger partial charge in [0.2, 0.25) is 0 Å². The van der Waals surface area contributed by atoms with Crippen LogP contribution in [0.1, 0.15) is 35.3 Å². The van der Waals surface area contributed by atoms with Crippen molar-refractivity contribution in [3.8, 4) is 11.8 Å². The monoisotopic (exact) mass is 288 g/mol. The molecule has 1 aromatic heterocycles. The van der Waals surface area contributed by atoms with Gasteiger partial charge < -0.3 is 15.1 Å². The first-order chi connectivity index (χ1) is 10.3. The number of likely N-dealkylation sites (tertiary alicyclic amines) is 1. The van der Waals surface area contributed by atoms with Gasteiger partial charge in [0.25, 0.3) is 5.91 Å². The Bertz CT molecular complexity index is 548. The molecule has 1 fully saturated rings. The predicted molar refractivity (Wildman–Crippen MR) is 78.5 cm³/mol. The van der Waals surface area contributed by atoms with Crippen molar-refractivity contribution in [3.05, 3.63) is 29.6 Å². The summed E-state index contributed by atoms with van der Waals surface area (Å²) in [5.41, 5.74) is 0.967. The molecule has 0 bridgehead atoms. The van der Waals surface area contributed by atoms with Crippen molar-refractivity contribution in [1.29, 1.82) is 0 Å². The van der Waals surface area contributed by atoms with E-state index in [1.807, 2.05) is 0 Å². The van der Waals surface area contributed by atoms with E-state index in [1.54, 1.807) is 23.2 Å². The molecule has 1 aromatic rings. The van der Waals surface area contributed by atoms with Crippen LogP contribution in [0.2, 0.25) is 0 Å². The molecule has 0 spiro atoms.